The van der Waals surface area contributed by atoms with Gasteiger partial charge in [-0.05, 0) is 25.5 Å². The van der Waals surface area contributed by atoms with Gasteiger partial charge >= 0.3 is 5.97 Å². The van der Waals surface area contributed by atoms with Crippen molar-refractivity contribution in [1.82, 2.24) is 0 Å². The molecule has 0 unspecified atom stereocenters. The fraction of sp³-hybridized carbons (Fsp3) is 0.825. The van der Waals surface area contributed by atoms with Crippen LogP contribution in [0.15, 0.2) is 29.2 Å². The third-order valence-corrected chi connectivity index (χ3v) is 9.05. The van der Waals surface area contributed by atoms with Gasteiger partial charge in [0.15, 0.2) is 0 Å². The molecule has 0 bridgehead atoms. The summed E-state index contributed by atoms with van der Waals surface area (Å²) in [6.45, 7) is 13.9. The Bertz CT molecular complexity index is 1110. The largest absolute Gasteiger partial charge is 0.463 e. The van der Waals surface area contributed by atoms with Crippen LogP contribution in [0, 0.1) is 6.92 Å². The van der Waals surface area contributed by atoms with Gasteiger partial charge in [-0.3, -0.25) is 8.98 Å². The van der Waals surface area contributed by atoms with E-state index in [1.165, 1.54) is 37.8 Å². The minimum Gasteiger partial charge on any atom is -0.463 e. The summed E-state index contributed by atoms with van der Waals surface area (Å²) in [5, 5.41) is 0. The first-order chi connectivity index (χ1) is 28.0. The molecular formula is C40H72O16S. The summed E-state index contributed by atoms with van der Waals surface area (Å²) in [5.41, 5.74) is 0.972. The van der Waals surface area contributed by atoms with Gasteiger partial charge in [-0.2, -0.15) is 8.42 Å². The lowest BCUT2D eigenvalue weighted by molar-refractivity contribution is -0.145. The number of rotatable bonds is 45. The summed E-state index contributed by atoms with van der Waals surface area (Å²) >= 11 is 0. The fourth-order valence-electron chi connectivity index (χ4n) is 4.61. The summed E-state index contributed by atoms with van der Waals surface area (Å²) in [6, 6.07) is 6.48. The second kappa shape index (κ2) is 40.9. The highest BCUT2D eigenvalue weighted by molar-refractivity contribution is 7.86. The highest BCUT2D eigenvalue weighted by Crippen LogP contribution is 2.13. The Morgan fingerprint density at radius 3 is 1.07 bits per heavy atom. The van der Waals surface area contributed by atoms with Gasteiger partial charge < -0.3 is 56.8 Å². The summed E-state index contributed by atoms with van der Waals surface area (Å²) in [7, 11) is -3.78. The van der Waals surface area contributed by atoms with Gasteiger partial charge in [0.1, 0.15) is 6.61 Å². The van der Waals surface area contributed by atoms with Gasteiger partial charge in [-0.25, -0.2) is 0 Å². The first kappa shape index (κ1) is 53.2. The third-order valence-electron chi connectivity index (χ3n) is 7.72. The Morgan fingerprint density at radius 1 is 0.421 bits per heavy atom. The maximum Gasteiger partial charge on any atom is 0.305 e. The number of aryl methyl sites for hydroxylation is 1. The zero-order chi connectivity index (χ0) is 41.2. The van der Waals surface area contributed by atoms with Gasteiger partial charge in [-0.15, -0.1) is 0 Å². The number of esters is 1. The lowest BCUT2D eigenvalue weighted by atomic mass is 10.1. The molecule has 334 valence electrons. The van der Waals surface area contributed by atoms with Crippen molar-refractivity contribution in [3.63, 3.8) is 0 Å². The molecule has 1 aromatic carbocycles. The number of carbonyl (C=O) groups excluding carboxylic acids is 1. The molecule has 57 heavy (non-hydrogen) atoms. The molecule has 0 amide bonds. The molecular weight excluding hydrogens is 768 g/mol. The number of hydrogen-bond acceptors (Lipinski definition) is 16. The summed E-state index contributed by atoms with van der Waals surface area (Å²) in [4.78, 5) is 11.8. The van der Waals surface area contributed by atoms with E-state index in [0.29, 0.717) is 145 Å². The topological polar surface area (TPSA) is 171 Å². The Kier molecular flexibility index (Phi) is 38.2. The van der Waals surface area contributed by atoms with Crippen molar-refractivity contribution in [3.05, 3.63) is 29.8 Å². The fourth-order valence-corrected chi connectivity index (χ4v) is 5.51. The average molecular weight is 841 g/mol. The predicted octanol–water partition coefficient (Wildman–Crippen LogP) is 4.18. The smallest absolute Gasteiger partial charge is 0.305 e. The molecule has 0 heterocycles. The molecule has 0 aromatic heterocycles. The van der Waals surface area contributed by atoms with Crippen LogP contribution in [0.25, 0.3) is 0 Å². The van der Waals surface area contributed by atoms with Gasteiger partial charge in [0.25, 0.3) is 10.1 Å². The average Bonchev–Trinajstić information content (AvgIpc) is 3.20. The third kappa shape index (κ3) is 36.9. The minimum atomic E-state index is -3.78. The SMILES string of the molecule is CCCCCCCCC(=O)OCCOCCOCCOCCOCCOCCOCCOCCOCCOCCOCCOCCOS(=O)(=O)c1ccc(C)cc1. The molecule has 0 aliphatic rings. The lowest BCUT2D eigenvalue weighted by Gasteiger charge is -2.09. The van der Waals surface area contributed by atoms with E-state index in [2.05, 4.69) is 6.92 Å². The standard InChI is InChI=1S/C40H72O16S/c1-3-4-5-6-7-8-9-40(41)55-36-34-53-32-30-51-28-26-49-24-22-47-20-18-45-16-14-44-15-17-46-19-21-48-23-25-50-27-29-52-31-33-54-35-37-56-57(42,43)39-12-10-38(2)11-13-39/h10-13H,3-9,14-37H2,1-2H3. The number of carbonyl (C=O) groups is 1. The summed E-state index contributed by atoms with van der Waals surface area (Å²) in [5.74, 6) is -0.151. The van der Waals surface area contributed by atoms with Crippen LogP contribution < -0.4 is 0 Å². The number of hydrogen-bond donors (Lipinski definition) is 0. The normalized spacial score (nSPS) is 11.8. The second-order valence-corrected chi connectivity index (χ2v) is 14.2. The van der Waals surface area contributed by atoms with E-state index >= 15 is 0 Å². The van der Waals surface area contributed by atoms with E-state index in [9.17, 15) is 13.2 Å². The Balaban J connectivity index is 1.66. The van der Waals surface area contributed by atoms with E-state index in [1.54, 1.807) is 12.1 Å². The van der Waals surface area contributed by atoms with Crippen LogP contribution in [0.5, 0.6) is 0 Å². The van der Waals surface area contributed by atoms with Crippen molar-refractivity contribution < 1.29 is 74.2 Å². The minimum absolute atomic E-state index is 0.0640. The Labute approximate surface area is 341 Å². The van der Waals surface area contributed by atoms with Crippen molar-refractivity contribution in [2.24, 2.45) is 0 Å². The van der Waals surface area contributed by atoms with Crippen LogP contribution in [0.2, 0.25) is 0 Å². The zero-order valence-electron chi connectivity index (χ0n) is 34.7. The van der Waals surface area contributed by atoms with Crippen LogP contribution in [0.1, 0.15) is 57.4 Å². The first-order valence-corrected chi connectivity index (χ1v) is 21.8. The maximum absolute atomic E-state index is 12.1. The quantitative estimate of drug-likeness (QED) is 0.0520. The molecule has 0 atom stereocenters. The molecule has 0 N–H and O–H groups in total. The molecule has 0 spiro atoms. The number of unbranched alkanes of at least 4 members (excludes halogenated alkanes) is 5. The van der Waals surface area contributed by atoms with E-state index in [0.717, 1.165) is 18.4 Å². The molecule has 0 aliphatic carbocycles. The maximum atomic E-state index is 12.1. The van der Waals surface area contributed by atoms with Crippen LogP contribution in [0.4, 0.5) is 0 Å². The number of benzene rings is 1. The lowest BCUT2D eigenvalue weighted by Crippen LogP contribution is -2.16. The summed E-state index contributed by atoms with van der Waals surface area (Å²) in [6.07, 6.45) is 7.37. The van der Waals surface area contributed by atoms with Gasteiger partial charge in [0, 0.05) is 6.42 Å². The molecule has 16 nitrogen and oxygen atoms in total. The first-order valence-electron chi connectivity index (χ1n) is 20.4. The van der Waals surface area contributed by atoms with E-state index in [-0.39, 0.29) is 30.7 Å². The van der Waals surface area contributed by atoms with Crippen LogP contribution in [0.3, 0.4) is 0 Å². The highest BCUT2D eigenvalue weighted by atomic mass is 32.2. The van der Waals surface area contributed by atoms with E-state index < -0.39 is 10.1 Å². The van der Waals surface area contributed by atoms with E-state index in [1.807, 2.05) is 6.92 Å². The molecule has 0 radical (unpaired) electrons. The molecule has 17 heteroatoms. The monoisotopic (exact) mass is 840 g/mol. The van der Waals surface area contributed by atoms with Crippen molar-refractivity contribution in [3.8, 4) is 0 Å². The molecule has 0 saturated carbocycles. The number of ether oxygens (including phenoxy) is 12. The van der Waals surface area contributed by atoms with Crippen LogP contribution in [-0.4, -0.2) is 173 Å². The molecule has 1 aromatic rings. The van der Waals surface area contributed by atoms with Gasteiger partial charge in [0.2, 0.25) is 0 Å². The second-order valence-electron chi connectivity index (χ2n) is 12.6. The molecule has 0 aliphatic heterocycles. The van der Waals surface area contributed by atoms with Crippen molar-refractivity contribution in [2.75, 3.05) is 159 Å². The zero-order valence-corrected chi connectivity index (χ0v) is 35.5. The van der Waals surface area contributed by atoms with Crippen LogP contribution >= 0.6 is 0 Å². The molecule has 1 rings (SSSR count). The Morgan fingerprint density at radius 2 is 0.719 bits per heavy atom. The van der Waals surface area contributed by atoms with Crippen LogP contribution in [-0.2, 0) is 75.9 Å². The van der Waals surface area contributed by atoms with E-state index in [4.69, 9.17) is 61.0 Å². The van der Waals surface area contributed by atoms with Crippen molar-refractivity contribution in [2.45, 2.75) is 63.7 Å². The van der Waals surface area contributed by atoms with Gasteiger partial charge in [-0.1, -0.05) is 56.7 Å². The van der Waals surface area contributed by atoms with Crippen molar-refractivity contribution in [1.29, 1.82) is 0 Å². The molecule has 0 saturated heterocycles. The molecule has 0 fully saturated rings. The van der Waals surface area contributed by atoms with Crippen molar-refractivity contribution >= 4 is 16.1 Å². The van der Waals surface area contributed by atoms with Gasteiger partial charge in [0.05, 0.1) is 157 Å². The summed E-state index contributed by atoms with van der Waals surface area (Å²) < 4.78 is 94.4. The highest BCUT2D eigenvalue weighted by Gasteiger charge is 2.14. The Hall–Kier alpha value is -1.84. The predicted molar refractivity (Wildman–Crippen MR) is 212 cm³/mol.